The molecule has 1 N–H and O–H groups in total. The van der Waals surface area contributed by atoms with Crippen LogP contribution in [0, 0.1) is 6.92 Å². The topological polar surface area (TPSA) is 68.0 Å². The molecule has 6 heteroatoms. The Kier molecular flexibility index (Phi) is 4.37. The van der Waals surface area contributed by atoms with Gasteiger partial charge in [0.25, 0.3) is 0 Å². The zero-order chi connectivity index (χ0) is 15.6. The van der Waals surface area contributed by atoms with E-state index in [2.05, 4.69) is 31.0 Å². The fraction of sp³-hybridized carbons (Fsp3) is 0.400. The second-order valence-corrected chi connectivity index (χ2v) is 6.80. The number of carbonyl (C=O) groups is 1. The smallest absolute Gasteiger partial charge is 0.313 e. The molecule has 112 valence electrons. The molecule has 1 aromatic carbocycles. The van der Waals surface area contributed by atoms with Gasteiger partial charge in [0.2, 0.25) is 0 Å². The van der Waals surface area contributed by atoms with Crippen molar-refractivity contribution in [3.8, 4) is 11.4 Å². The highest BCUT2D eigenvalue weighted by Gasteiger charge is 2.24. The van der Waals surface area contributed by atoms with Crippen molar-refractivity contribution in [2.45, 2.75) is 38.4 Å². The van der Waals surface area contributed by atoms with Gasteiger partial charge >= 0.3 is 5.97 Å². The van der Waals surface area contributed by atoms with Crippen LogP contribution < -0.4 is 0 Å². The number of thioether (sulfide) groups is 1. The van der Waals surface area contributed by atoms with Gasteiger partial charge in [0.05, 0.1) is 5.75 Å². The Balaban J connectivity index is 2.46. The Bertz CT molecular complexity index is 642. The van der Waals surface area contributed by atoms with Gasteiger partial charge < -0.3 is 5.11 Å². The summed E-state index contributed by atoms with van der Waals surface area (Å²) in [4.78, 5) is 10.8. The fourth-order valence-electron chi connectivity index (χ4n) is 1.98. The van der Waals surface area contributed by atoms with Gasteiger partial charge in [-0.3, -0.25) is 9.36 Å². The molecule has 5 nitrogen and oxygen atoms in total. The van der Waals surface area contributed by atoms with E-state index in [-0.39, 0.29) is 11.3 Å². The predicted octanol–water partition coefficient (Wildman–Crippen LogP) is 3.19. The molecule has 1 heterocycles. The maximum absolute atomic E-state index is 10.8. The van der Waals surface area contributed by atoms with Gasteiger partial charge in [-0.25, -0.2) is 0 Å². The third-order valence-electron chi connectivity index (χ3n) is 2.94. The molecule has 0 unspecified atom stereocenters. The molecule has 0 aliphatic rings. The predicted molar refractivity (Wildman–Crippen MR) is 83.6 cm³/mol. The van der Waals surface area contributed by atoms with E-state index < -0.39 is 5.97 Å². The number of nitrogens with zero attached hydrogens (tertiary/aromatic N) is 3. The molecular weight excluding hydrogens is 286 g/mol. The lowest BCUT2D eigenvalue weighted by Gasteiger charge is -2.24. The van der Waals surface area contributed by atoms with Crippen molar-refractivity contribution in [2.75, 3.05) is 5.75 Å². The van der Waals surface area contributed by atoms with Crippen LogP contribution in [-0.4, -0.2) is 31.6 Å². The highest BCUT2D eigenvalue weighted by atomic mass is 32.2. The molecule has 0 atom stereocenters. The van der Waals surface area contributed by atoms with Crippen LogP contribution in [0.1, 0.15) is 26.3 Å². The Morgan fingerprint density at radius 2 is 1.86 bits per heavy atom. The Morgan fingerprint density at radius 1 is 1.24 bits per heavy atom. The van der Waals surface area contributed by atoms with Crippen molar-refractivity contribution < 1.29 is 9.90 Å². The minimum Gasteiger partial charge on any atom is -0.481 e. The zero-order valence-electron chi connectivity index (χ0n) is 12.6. The maximum Gasteiger partial charge on any atom is 0.313 e. The second kappa shape index (κ2) is 5.89. The van der Waals surface area contributed by atoms with Crippen molar-refractivity contribution in [2.24, 2.45) is 0 Å². The van der Waals surface area contributed by atoms with E-state index in [0.29, 0.717) is 5.16 Å². The lowest BCUT2D eigenvalue weighted by Crippen LogP contribution is -2.24. The summed E-state index contributed by atoms with van der Waals surface area (Å²) < 4.78 is 1.99. The summed E-state index contributed by atoms with van der Waals surface area (Å²) in [6, 6.07) is 8.07. The Labute approximate surface area is 128 Å². The molecule has 2 rings (SSSR count). The molecule has 0 aliphatic heterocycles. The molecule has 0 saturated heterocycles. The molecule has 0 aliphatic carbocycles. The minimum atomic E-state index is -0.861. The summed E-state index contributed by atoms with van der Waals surface area (Å²) in [5.74, 6) is -0.127. The number of carboxylic acids is 1. The summed E-state index contributed by atoms with van der Waals surface area (Å²) in [5.41, 5.74) is 1.93. The lowest BCUT2D eigenvalue weighted by molar-refractivity contribution is -0.133. The number of aliphatic carboxylic acids is 1. The first kappa shape index (κ1) is 15.6. The number of carboxylic acid groups (broad SMARTS) is 1. The van der Waals surface area contributed by atoms with Crippen molar-refractivity contribution >= 4 is 17.7 Å². The van der Waals surface area contributed by atoms with Crippen LogP contribution in [0.3, 0.4) is 0 Å². The first-order valence-electron chi connectivity index (χ1n) is 6.66. The summed E-state index contributed by atoms with van der Waals surface area (Å²) in [5, 5.41) is 17.9. The molecule has 0 radical (unpaired) electrons. The average Bonchev–Trinajstić information content (AvgIpc) is 2.81. The highest BCUT2D eigenvalue weighted by molar-refractivity contribution is 7.99. The standard InChI is InChI=1S/C15H19N3O2S/c1-10-5-7-11(8-6-10)13-16-17-14(21-9-12(19)20)18(13)15(2,3)4/h5-8H,9H2,1-4H3,(H,19,20). The van der Waals surface area contributed by atoms with Crippen LogP contribution in [0.2, 0.25) is 0 Å². The molecule has 0 spiro atoms. The van der Waals surface area contributed by atoms with E-state index in [4.69, 9.17) is 5.11 Å². The van der Waals surface area contributed by atoms with Gasteiger partial charge in [-0.1, -0.05) is 41.6 Å². The third kappa shape index (κ3) is 3.64. The van der Waals surface area contributed by atoms with Gasteiger partial charge in [0.15, 0.2) is 11.0 Å². The van der Waals surface area contributed by atoms with Gasteiger partial charge in [0.1, 0.15) is 0 Å². The van der Waals surface area contributed by atoms with Crippen LogP contribution >= 0.6 is 11.8 Å². The molecular formula is C15H19N3O2S. The molecule has 1 aromatic heterocycles. The first-order valence-corrected chi connectivity index (χ1v) is 7.65. The van der Waals surface area contributed by atoms with Gasteiger partial charge in [-0.05, 0) is 27.7 Å². The van der Waals surface area contributed by atoms with Crippen LogP contribution in [0.4, 0.5) is 0 Å². The summed E-state index contributed by atoms with van der Waals surface area (Å²) in [6.07, 6.45) is 0. The van der Waals surface area contributed by atoms with E-state index in [9.17, 15) is 4.79 Å². The van der Waals surface area contributed by atoms with E-state index in [0.717, 1.165) is 11.4 Å². The zero-order valence-corrected chi connectivity index (χ0v) is 13.4. The molecule has 0 amide bonds. The van der Waals surface area contributed by atoms with Gasteiger partial charge in [0, 0.05) is 11.1 Å². The number of hydrogen-bond acceptors (Lipinski definition) is 4. The number of benzene rings is 1. The maximum atomic E-state index is 10.8. The van der Waals surface area contributed by atoms with Crippen molar-refractivity contribution in [3.63, 3.8) is 0 Å². The fourth-order valence-corrected chi connectivity index (χ4v) is 2.82. The SMILES string of the molecule is Cc1ccc(-c2nnc(SCC(=O)O)n2C(C)(C)C)cc1. The summed E-state index contributed by atoms with van der Waals surface area (Å²) in [7, 11) is 0. The normalized spacial score (nSPS) is 11.6. The third-order valence-corrected chi connectivity index (χ3v) is 3.85. The molecule has 0 fully saturated rings. The van der Waals surface area contributed by atoms with Crippen LogP contribution in [0.5, 0.6) is 0 Å². The monoisotopic (exact) mass is 305 g/mol. The van der Waals surface area contributed by atoms with Crippen molar-refractivity contribution in [1.29, 1.82) is 0 Å². The number of rotatable bonds is 4. The average molecular weight is 305 g/mol. The highest BCUT2D eigenvalue weighted by Crippen LogP contribution is 2.30. The van der Waals surface area contributed by atoms with Crippen molar-refractivity contribution in [3.05, 3.63) is 29.8 Å². The van der Waals surface area contributed by atoms with E-state index in [1.165, 1.54) is 17.3 Å². The van der Waals surface area contributed by atoms with E-state index >= 15 is 0 Å². The van der Waals surface area contributed by atoms with E-state index in [1.807, 2.05) is 35.8 Å². The number of aromatic nitrogens is 3. The van der Waals surface area contributed by atoms with Gasteiger partial charge in [-0.15, -0.1) is 10.2 Å². The summed E-state index contributed by atoms with van der Waals surface area (Å²) >= 11 is 1.19. The Hall–Kier alpha value is -1.82. The number of hydrogen-bond donors (Lipinski definition) is 1. The second-order valence-electron chi connectivity index (χ2n) is 5.86. The van der Waals surface area contributed by atoms with Crippen LogP contribution in [-0.2, 0) is 10.3 Å². The summed E-state index contributed by atoms with van der Waals surface area (Å²) in [6.45, 7) is 8.20. The lowest BCUT2D eigenvalue weighted by atomic mass is 10.1. The minimum absolute atomic E-state index is 0.0257. The van der Waals surface area contributed by atoms with Crippen LogP contribution in [0.15, 0.2) is 29.4 Å². The Morgan fingerprint density at radius 3 is 2.38 bits per heavy atom. The largest absolute Gasteiger partial charge is 0.481 e. The van der Waals surface area contributed by atoms with Gasteiger partial charge in [-0.2, -0.15) is 0 Å². The number of aryl methyl sites for hydroxylation is 1. The molecule has 0 saturated carbocycles. The quantitative estimate of drug-likeness (QED) is 0.879. The van der Waals surface area contributed by atoms with Crippen molar-refractivity contribution in [1.82, 2.24) is 14.8 Å². The molecule has 0 bridgehead atoms. The molecule has 21 heavy (non-hydrogen) atoms. The van der Waals surface area contributed by atoms with Crippen LogP contribution in [0.25, 0.3) is 11.4 Å². The van der Waals surface area contributed by atoms with E-state index in [1.54, 1.807) is 0 Å². The molecule has 2 aromatic rings. The first-order chi connectivity index (χ1) is 9.79.